The van der Waals surface area contributed by atoms with Crippen molar-refractivity contribution in [3.05, 3.63) is 0 Å². The molecule has 0 amide bonds. The maximum absolute atomic E-state index is 11.0. The quantitative estimate of drug-likeness (QED) is 0.200. The molecule has 8 N–H and O–H groups in total. The Kier molecular flexibility index (Phi) is 6.80. The van der Waals surface area contributed by atoms with E-state index in [1.54, 1.807) is 0 Å². The van der Waals surface area contributed by atoms with Gasteiger partial charge in [-0.15, -0.1) is 0 Å². The lowest BCUT2D eigenvalue weighted by atomic mass is 9.42. The van der Waals surface area contributed by atoms with Crippen molar-refractivity contribution in [2.45, 2.75) is 119 Å². The largest absolute Gasteiger partial charge is 0.394 e. The van der Waals surface area contributed by atoms with Crippen LogP contribution in [0.5, 0.6) is 0 Å². The van der Waals surface area contributed by atoms with Gasteiger partial charge in [-0.1, -0.05) is 13.8 Å². The van der Waals surface area contributed by atoms with Crippen LogP contribution in [0.3, 0.4) is 0 Å². The minimum atomic E-state index is -1.68. The molecule has 4 aliphatic carbocycles. The average Bonchev–Trinajstić information content (AvgIpc) is 2.76. The van der Waals surface area contributed by atoms with E-state index in [1.807, 2.05) is 0 Å². The van der Waals surface area contributed by atoms with Gasteiger partial charge in [-0.25, -0.2) is 0 Å². The summed E-state index contributed by atoms with van der Waals surface area (Å²) in [6.45, 7) is 3.50. The molecular formula is C24H41NO10. The first-order chi connectivity index (χ1) is 16.4. The number of hydrogen-bond donors (Lipinski definition) is 8. The minimum absolute atomic E-state index is 0.223. The smallest absolute Gasteiger partial charge is 0.187 e. The summed E-state index contributed by atoms with van der Waals surface area (Å²) in [6.07, 6.45) is -7.26. The van der Waals surface area contributed by atoms with Gasteiger partial charge in [0.2, 0.25) is 0 Å². The van der Waals surface area contributed by atoms with Crippen LogP contribution in [0.25, 0.3) is 0 Å². The lowest BCUT2D eigenvalue weighted by Gasteiger charge is -2.66. The van der Waals surface area contributed by atoms with E-state index in [4.69, 9.17) is 14.2 Å². The van der Waals surface area contributed by atoms with Crippen molar-refractivity contribution >= 4 is 0 Å². The number of ether oxygens (including phenoxy) is 3. The summed E-state index contributed by atoms with van der Waals surface area (Å²) < 4.78 is 17.1. The maximum Gasteiger partial charge on any atom is 0.187 e. The Bertz CT molecular complexity index is 763. The number of aliphatic hydroxyl groups is 7. The van der Waals surface area contributed by atoms with Gasteiger partial charge < -0.3 is 50.0 Å². The summed E-state index contributed by atoms with van der Waals surface area (Å²) in [5.41, 5.74) is 0.230. The third-order valence-electron chi connectivity index (χ3n) is 9.08. The molecule has 6 aliphatic rings. The van der Waals surface area contributed by atoms with Gasteiger partial charge in [-0.2, -0.15) is 0 Å². The van der Waals surface area contributed by atoms with Gasteiger partial charge in [0.15, 0.2) is 6.29 Å². The first-order valence-corrected chi connectivity index (χ1v) is 12.8. The third-order valence-corrected chi connectivity index (χ3v) is 9.08. The van der Waals surface area contributed by atoms with Gasteiger partial charge in [0.1, 0.15) is 55.1 Å². The van der Waals surface area contributed by atoms with Crippen molar-refractivity contribution in [1.82, 2.24) is 5.32 Å². The molecule has 202 valence electrons. The summed E-state index contributed by atoms with van der Waals surface area (Å²) >= 11 is 0. The zero-order valence-electron chi connectivity index (χ0n) is 20.4. The van der Waals surface area contributed by atoms with Crippen LogP contribution >= 0.6 is 0 Å². The molecule has 0 aromatic carbocycles. The van der Waals surface area contributed by atoms with Gasteiger partial charge in [-0.3, -0.25) is 5.32 Å². The highest BCUT2D eigenvalue weighted by Crippen LogP contribution is 2.66. The minimum Gasteiger partial charge on any atom is -0.394 e. The molecule has 2 unspecified atom stereocenters. The van der Waals surface area contributed by atoms with Crippen molar-refractivity contribution in [2.75, 3.05) is 13.2 Å². The summed E-state index contributed by atoms with van der Waals surface area (Å²) in [4.78, 5) is 0. The second kappa shape index (κ2) is 9.09. The van der Waals surface area contributed by atoms with Crippen LogP contribution in [0.1, 0.15) is 52.4 Å². The number of aliphatic hydroxyl groups excluding tert-OH is 7. The molecule has 4 saturated carbocycles. The molecule has 6 fully saturated rings. The average molecular weight is 504 g/mol. The number of hydrogen-bond acceptors (Lipinski definition) is 11. The molecule has 4 bridgehead atoms. The Balaban J connectivity index is 1.30. The van der Waals surface area contributed by atoms with Crippen molar-refractivity contribution in [3.8, 4) is 0 Å². The standard InChI is InChI=1S/C24H41NO10/c1-22-3-11-4-23(2,8-22)10-24(5-11,9-22)25-20-17(31)16(30)19(13(7-27)33-20)35-21-18(32)15(29)14(28)12(6-26)34-21/h11-21,25-32H,3-10H2,1-2H3/t11?,12-,13-,14+,15+,16-,17-,18-,19-,20-,21+,22-,23+,24?/m1/s1. The molecule has 0 aromatic heterocycles. The Labute approximate surface area is 205 Å². The molecular weight excluding hydrogens is 462 g/mol. The highest BCUT2D eigenvalue weighted by molar-refractivity contribution is 5.15. The fraction of sp³-hybridized carbons (Fsp3) is 1.00. The second-order valence-electron chi connectivity index (χ2n) is 12.6. The van der Waals surface area contributed by atoms with E-state index in [1.165, 1.54) is 19.3 Å². The lowest BCUT2D eigenvalue weighted by Crippen LogP contribution is -2.71. The molecule has 6 rings (SSSR count). The van der Waals surface area contributed by atoms with Crippen LogP contribution in [0.15, 0.2) is 0 Å². The molecule has 14 atom stereocenters. The zero-order valence-corrected chi connectivity index (χ0v) is 20.4. The van der Waals surface area contributed by atoms with Crippen LogP contribution in [0.2, 0.25) is 0 Å². The molecule has 35 heavy (non-hydrogen) atoms. The van der Waals surface area contributed by atoms with Gasteiger partial charge >= 0.3 is 0 Å². The predicted octanol–water partition coefficient (Wildman–Crippen LogP) is -2.05. The molecule has 0 radical (unpaired) electrons. The van der Waals surface area contributed by atoms with E-state index in [9.17, 15) is 35.7 Å². The van der Waals surface area contributed by atoms with Crippen LogP contribution < -0.4 is 5.32 Å². The van der Waals surface area contributed by atoms with Crippen molar-refractivity contribution in [2.24, 2.45) is 16.7 Å². The topological polar surface area (TPSA) is 181 Å². The monoisotopic (exact) mass is 503 g/mol. The fourth-order valence-electron chi connectivity index (χ4n) is 8.62. The van der Waals surface area contributed by atoms with Gasteiger partial charge in [-0.05, 0) is 55.3 Å². The summed E-state index contributed by atoms with van der Waals surface area (Å²) in [7, 11) is 0. The lowest BCUT2D eigenvalue weighted by molar-refractivity contribution is -0.344. The van der Waals surface area contributed by atoms with E-state index in [-0.39, 0.29) is 16.4 Å². The van der Waals surface area contributed by atoms with Gasteiger partial charge in [0, 0.05) is 5.54 Å². The Morgan fingerprint density at radius 2 is 1.37 bits per heavy atom. The first kappa shape index (κ1) is 26.2. The van der Waals surface area contributed by atoms with Gasteiger partial charge in [0.25, 0.3) is 0 Å². The Morgan fingerprint density at radius 1 is 0.743 bits per heavy atom. The highest BCUT2D eigenvalue weighted by atomic mass is 16.7. The van der Waals surface area contributed by atoms with Crippen molar-refractivity contribution < 1.29 is 50.0 Å². The molecule has 11 nitrogen and oxygen atoms in total. The molecule has 0 spiro atoms. The van der Waals surface area contributed by atoms with Crippen molar-refractivity contribution in [3.63, 3.8) is 0 Å². The van der Waals surface area contributed by atoms with E-state index >= 15 is 0 Å². The Morgan fingerprint density at radius 3 is 1.94 bits per heavy atom. The molecule has 2 aliphatic heterocycles. The van der Waals surface area contributed by atoms with Gasteiger partial charge in [0.05, 0.1) is 13.2 Å². The first-order valence-electron chi connectivity index (χ1n) is 12.8. The SMILES string of the molecule is C[C@]12CC3CC(N[C@@H]4O[C@H](CO)[C@@H](O[C@@H]5O[C@H](CO)[C@H](O)[C@H](O)[C@H]5O)[C@H](O)[C@H]4O)(C1)C[C@@](C)(C3)C2. The highest BCUT2D eigenvalue weighted by Gasteiger charge is 2.61. The molecule has 11 heteroatoms. The Hall–Kier alpha value is -0.440. The fourth-order valence-corrected chi connectivity index (χ4v) is 8.62. The summed E-state index contributed by atoms with van der Waals surface area (Å²) in [5, 5.41) is 75.3. The summed E-state index contributed by atoms with van der Waals surface area (Å²) in [5.74, 6) is 0.607. The van der Waals surface area contributed by atoms with Crippen LogP contribution in [-0.2, 0) is 14.2 Å². The van der Waals surface area contributed by atoms with E-state index in [2.05, 4.69) is 19.2 Å². The summed E-state index contributed by atoms with van der Waals surface area (Å²) in [6, 6.07) is 0. The van der Waals surface area contributed by atoms with Crippen molar-refractivity contribution in [1.29, 1.82) is 0 Å². The van der Waals surface area contributed by atoms with Crippen LogP contribution in [0.4, 0.5) is 0 Å². The second-order valence-corrected chi connectivity index (χ2v) is 12.6. The maximum atomic E-state index is 11.0. The van der Waals surface area contributed by atoms with E-state index in [0.717, 1.165) is 19.3 Å². The number of rotatable bonds is 6. The zero-order chi connectivity index (χ0) is 25.3. The van der Waals surface area contributed by atoms with Crippen LogP contribution in [-0.4, -0.2) is 116 Å². The third kappa shape index (κ3) is 4.57. The number of nitrogens with one attached hydrogen (secondary N) is 1. The normalized spacial score (nSPS) is 58.0. The predicted molar refractivity (Wildman–Crippen MR) is 120 cm³/mol. The molecule has 2 saturated heterocycles. The van der Waals surface area contributed by atoms with Crippen LogP contribution in [0, 0.1) is 16.7 Å². The van der Waals surface area contributed by atoms with E-state index < -0.39 is 74.6 Å². The molecule has 0 aromatic rings. The molecule has 2 heterocycles. The van der Waals surface area contributed by atoms with E-state index in [0.29, 0.717) is 5.92 Å².